The first-order chi connectivity index (χ1) is 4.34. The molecule has 1 aliphatic heterocycles. The molecule has 1 rings (SSSR count). The third-order valence-electron chi connectivity index (χ3n) is 1.15. The van der Waals surface area contributed by atoms with Crippen molar-refractivity contribution in [1.82, 2.24) is 0 Å². The number of carbonyl (C=O) groups is 1. The van der Waals surface area contributed by atoms with Gasteiger partial charge in [-0.05, 0) is 0 Å². The van der Waals surface area contributed by atoms with E-state index in [4.69, 9.17) is 0 Å². The molecule has 0 unspecified atom stereocenters. The minimum Gasteiger partial charge on any atom is -0.292 e. The van der Waals surface area contributed by atoms with E-state index in [1.54, 1.807) is 11.8 Å². The highest BCUT2D eigenvalue weighted by atomic mass is 32.2. The maximum absolute atomic E-state index is 10.9. The van der Waals surface area contributed by atoms with Crippen LogP contribution in [0.2, 0.25) is 0 Å². The molecule has 0 bridgehead atoms. The van der Waals surface area contributed by atoms with Crippen molar-refractivity contribution in [2.45, 2.75) is 13.3 Å². The Morgan fingerprint density at radius 1 is 1.89 bits per heavy atom. The summed E-state index contributed by atoms with van der Waals surface area (Å²) in [5.74, 6) is 1.18. The zero-order valence-corrected chi connectivity index (χ0v) is 6.20. The van der Waals surface area contributed by atoms with Gasteiger partial charge in [0.2, 0.25) is 0 Å². The highest BCUT2D eigenvalue weighted by molar-refractivity contribution is 8.16. The Morgan fingerprint density at radius 2 is 2.67 bits per heavy atom. The van der Waals surface area contributed by atoms with Gasteiger partial charge in [-0.15, -0.1) is 11.8 Å². The quantitative estimate of drug-likeness (QED) is 0.579. The molecular weight excluding hydrogens is 134 g/mol. The number of hydrogen-bond donors (Lipinski definition) is 0. The molecule has 0 spiro atoms. The molecule has 0 aromatic rings. The van der Waals surface area contributed by atoms with Gasteiger partial charge in [-0.1, -0.05) is 6.92 Å². The van der Waals surface area contributed by atoms with E-state index in [9.17, 15) is 4.79 Å². The second-order valence-electron chi connectivity index (χ2n) is 1.81. The minimum atomic E-state index is 0.192. The van der Waals surface area contributed by atoms with Gasteiger partial charge in [0, 0.05) is 18.7 Å². The SMILES string of the molecule is CCC(=O)C1=NCCS1. The molecule has 0 aromatic heterocycles. The molecule has 0 saturated heterocycles. The van der Waals surface area contributed by atoms with Gasteiger partial charge in [-0.2, -0.15) is 0 Å². The average molecular weight is 143 g/mol. The summed E-state index contributed by atoms with van der Waals surface area (Å²) >= 11 is 1.58. The van der Waals surface area contributed by atoms with Crippen LogP contribution in [-0.2, 0) is 4.79 Å². The highest BCUT2D eigenvalue weighted by Gasteiger charge is 2.12. The molecule has 0 amide bonds. The number of rotatable bonds is 2. The van der Waals surface area contributed by atoms with Crippen molar-refractivity contribution in [2.75, 3.05) is 12.3 Å². The Kier molecular flexibility index (Phi) is 2.28. The third kappa shape index (κ3) is 1.55. The van der Waals surface area contributed by atoms with Gasteiger partial charge in [0.05, 0.1) is 0 Å². The summed E-state index contributed by atoms with van der Waals surface area (Å²) in [5.41, 5.74) is 0. The lowest BCUT2D eigenvalue weighted by molar-refractivity contribution is -0.112. The Hall–Kier alpha value is -0.310. The van der Waals surface area contributed by atoms with Crippen LogP contribution in [0, 0.1) is 0 Å². The number of aliphatic imine (C=N–C) groups is 1. The van der Waals surface area contributed by atoms with E-state index in [-0.39, 0.29) is 5.78 Å². The maximum atomic E-state index is 10.9. The van der Waals surface area contributed by atoms with Crippen molar-refractivity contribution < 1.29 is 4.79 Å². The Labute approximate surface area is 58.7 Å². The van der Waals surface area contributed by atoms with E-state index in [0.717, 1.165) is 17.3 Å². The van der Waals surface area contributed by atoms with Gasteiger partial charge in [-0.25, -0.2) is 0 Å². The fraction of sp³-hybridized carbons (Fsp3) is 0.667. The average Bonchev–Trinajstić information content (AvgIpc) is 2.37. The van der Waals surface area contributed by atoms with Crippen LogP contribution in [0.4, 0.5) is 0 Å². The number of carbonyl (C=O) groups excluding carboxylic acids is 1. The summed E-state index contributed by atoms with van der Waals surface area (Å²) in [7, 11) is 0. The first-order valence-corrected chi connectivity index (χ1v) is 4.03. The molecule has 0 atom stereocenters. The molecular formula is C6H9NOS. The van der Waals surface area contributed by atoms with Crippen LogP contribution in [0.5, 0.6) is 0 Å². The Balaban J connectivity index is 2.51. The summed E-state index contributed by atoms with van der Waals surface area (Å²) in [4.78, 5) is 14.9. The van der Waals surface area contributed by atoms with E-state index >= 15 is 0 Å². The third-order valence-corrected chi connectivity index (χ3v) is 2.16. The van der Waals surface area contributed by atoms with Gasteiger partial charge in [0.25, 0.3) is 0 Å². The second-order valence-corrected chi connectivity index (χ2v) is 2.90. The van der Waals surface area contributed by atoms with Crippen molar-refractivity contribution in [3.8, 4) is 0 Å². The van der Waals surface area contributed by atoms with Gasteiger partial charge < -0.3 is 0 Å². The molecule has 1 aliphatic rings. The van der Waals surface area contributed by atoms with Gasteiger partial charge in [-0.3, -0.25) is 9.79 Å². The summed E-state index contributed by atoms with van der Waals surface area (Å²) in [6.45, 7) is 2.69. The number of nitrogens with zero attached hydrogens (tertiary/aromatic N) is 1. The molecule has 0 aromatic carbocycles. The summed E-state index contributed by atoms with van der Waals surface area (Å²) < 4.78 is 0. The number of thioether (sulfide) groups is 1. The monoisotopic (exact) mass is 143 g/mol. The van der Waals surface area contributed by atoms with Crippen LogP contribution in [0.3, 0.4) is 0 Å². The standard InChI is InChI=1S/C6H9NOS/c1-2-5(8)6-7-3-4-9-6/h2-4H2,1H3. The molecule has 3 heteroatoms. The minimum absolute atomic E-state index is 0.192. The fourth-order valence-electron chi connectivity index (χ4n) is 0.655. The highest BCUT2D eigenvalue weighted by Crippen LogP contribution is 2.12. The van der Waals surface area contributed by atoms with E-state index in [1.165, 1.54) is 0 Å². The van der Waals surface area contributed by atoms with Crippen LogP contribution in [-0.4, -0.2) is 23.1 Å². The Morgan fingerprint density at radius 3 is 3.11 bits per heavy atom. The number of ketones is 1. The summed E-state index contributed by atoms with van der Waals surface area (Å²) in [5, 5.41) is 0.734. The largest absolute Gasteiger partial charge is 0.292 e. The maximum Gasteiger partial charge on any atom is 0.186 e. The lowest BCUT2D eigenvalue weighted by Gasteiger charge is -1.90. The smallest absolute Gasteiger partial charge is 0.186 e. The van der Waals surface area contributed by atoms with E-state index in [0.29, 0.717) is 6.42 Å². The van der Waals surface area contributed by atoms with Gasteiger partial charge >= 0.3 is 0 Å². The molecule has 0 aliphatic carbocycles. The van der Waals surface area contributed by atoms with Crippen molar-refractivity contribution in [3.05, 3.63) is 0 Å². The van der Waals surface area contributed by atoms with Crippen molar-refractivity contribution in [2.24, 2.45) is 4.99 Å². The van der Waals surface area contributed by atoms with Crippen LogP contribution in [0.1, 0.15) is 13.3 Å². The number of Topliss-reactive ketones (excluding diaryl/α,β-unsaturated/α-hetero) is 1. The first kappa shape index (κ1) is 6.81. The van der Waals surface area contributed by atoms with Crippen molar-refractivity contribution in [1.29, 1.82) is 0 Å². The first-order valence-electron chi connectivity index (χ1n) is 3.05. The van der Waals surface area contributed by atoms with Crippen molar-refractivity contribution in [3.63, 3.8) is 0 Å². The Bertz CT molecular complexity index is 153. The van der Waals surface area contributed by atoms with Crippen LogP contribution in [0.15, 0.2) is 4.99 Å². The molecule has 0 N–H and O–H groups in total. The normalized spacial score (nSPS) is 17.7. The van der Waals surface area contributed by atoms with Gasteiger partial charge in [0.1, 0.15) is 5.04 Å². The lowest BCUT2D eigenvalue weighted by Crippen LogP contribution is -2.05. The van der Waals surface area contributed by atoms with Crippen LogP contribution >= 0.6 is 11.8 Å². The predicted octanol–water partition coefficient (Wildman–Crippen LogP) is 1.11. The molecule has 9 heavy (non-hydrogen) atoms. The van der Waals surface area contributed by atoms with E-state index in [1.807, 2.05) is 6.92 Å². The summed E-state index contributed by atoms with van der Waals surface area (Å²) in [6.07, 6.45) is 0.589. The van der Waals surface area contributed by atoms with Crippen LogP contribution < -0.4 is 0 Å². The predicted molar refractivity (Wildman–Crippen MR) is 40.1 cm³/mol. The van der Waals surface area contributed by atoms with Crippen molar-refractivity contribution >= 4 is 22.6 Å². The van der Waals surface area contributed by atoms with E-state index in [2.05, 4.69) is 4.99 Å². The zero-order valence-electron chi connectivity index (χ0n) is 5.39. The lowest BCUT2D eigenvalue weighted by atomic mass is 10.3. The molecule has 0 radical (unpaired) electrons. The van der Waals surface area contributed by atoms with Crippen LogP contribution in [0.25, 0.3) is 0 Å². The topological polar surface area (TPSA) is 29.4 Å². The number of hydrogen-bond acceptors (Lipinski definition) is 3. The zero-order chi connectivity index (χ0) is 6.69. The molecule has 0 saturated carbocycles. The van der Waals surface area contributed by atoms with Gasteiger partial charge in [0.15, 0.2) is 5.78 Å². The summed E-state index contributed by atoms with van der Waals surface area (Å²) in [6, 6.07) is 0. The van der Waals surface area contributed by atoms with E-state index < -0.39 is 0 Å². The second kappa shape index (κ2) is 3.01. The fourth-order valence-corrected chi connectivity index (χ4v) is 1.52. The molecule has 1 heterocycles. The molecule has 2 nitrogen and oxygen atoms in total. The molecule has 0 fully saturated rings. The molecule has 50 valence electrons.